The minimum Gasteiger partial charge on any atom is -0.497 e. The Balaban J connectivity index is 1.52. The molecule has 228 valence electrons. The Morgan fingerprint density at radius 3 is 2.55 bits per heavy atom. The maximum Gasteiger partial charge on any atom is 0.248 e. The highest BCUT2D eigenvalue weighted by molar-refractivity contribution is 6.05. The number of amides is 1. The first-order valence-corrected chi connectivity index (χ1v) is 16.0. The molecular weight excluding hydrogens is 552 g/mol. The molecule has 1 aliphatic carbocycles. The molecule has 1 saturated carbocycles. The molecule has 2 N–H and O–H groups in total. The van der Waals surface area contributed by atoms with Crippen molar-refractivity contribution < 1.29 is 19.1 Å². The van der Waals surface area contributed by atoms with E-state index in [0.717, 1.165) is 59.3 Å². The Hall–Kier alpha value is -4.17. The van der Waals surface area contributed by atoms with E-state index in [9.17, 15) is 9.59 Å². The molecule has 44 heavy (non-hydrogen) atoms. The van der Waals surface area contributed by atoms with Gasteiger partial charge in [-0.2, -0.15) is 5.10 Å². The number of aromatic nitrogens is 3. The summed E-state index contributed by atoms with van der Waals surface area (Å²) in [5, 5.41) is 6.01. The van der Waals surface area contributed by atoms with Crippen LogP contribution in [0.15, 0.2) is 42.6 Å². The van der Waals surface area contributed by atoms with Gasteiger partial charge in [-0.3, -0.25) is 14.3 Å². The van der Waals surface area contributed by atoms with Crippen LogP contribution in [0.25, 0.3) is 33.8 Å². The highest BCUT2D eigenvalue weighted by atomic mass is 16.5. The van der Waals surface area contributed by atoms with E-state index in [1.807, 2.05) is 25.1 Å². The Kier molecular flexibility index (Phi) is 7.62. The molecule has 8 nitrogen and oxygen atoms in total. The lowest BCUT2D eigenvalue weighted by Gasteiger charge is -2.25. The van der Waals surface area contributed by atoms with E-state index in [1.165, 1.54) is 35.9 Å². The average molecular weight is 593 g/mol. The first-order valence-electron chi connectivity index (χ1n) is 16.0. The van der Waals surface area contributed by atoms with Crippen LogP contribution in [0.3, 0.4) is 0 Å². The third-order valence-corrected chi connectivity index (χ3v) is 9.83. The lowest BCUT2D eigenvalue weighted by atomic mass is 9.81. The molecule has 2 aromatic heterocycles. The summed E-state index contributed by atoms with van der Waals surface area (Å²) in [6.45, 7) is 3.77. The minimum atomic E-state index is -0.440. The van der Waals surface area contributed by atoms with Crippen molar-refractivity contribution >= 4 is 34.2 Å². The first kappa shape index (κ1) is 28.6. The van der Waals surface area contributed by atoms with Crippen LogP contribution >= 0.6 is 0 Å². The topological polar surface area (TPSA) is 101 Å². The molecule has 0 spiro atoms. The second kappa shape index (κ2) is 11.7. The number of methoxy groups -OCH3 is 1. The zero-order chi connectivity index (χ0) is 30.4. The maximum atomic E-state index is 13.4. The predicted molar refractivity (Wildman–Crippen MR) is 172 cm³/mol. The minimum absolute atomic E-state index is 0.0748. The zero-order valence-electron chi connectivity index (χ0n) is 25.6. The summed E-state index contributed by atoms with van der Waals surface area (Å²) >= 11 is 0. The van der Waals surface area contributed by atoms with Crippen molar-refractivity contribution in [3.63, 3.8) is 0 Å². The summed E-state index contributed by atoms with van der Waals surface area (Å²) in [6.07, 6.45) is 12.0. The molecule has 2 aromatic carbocycles. The van der Waals surface area contributed by atoms with Gasteiger partial charge in [-0.25, -0.2) is 0 Å². The van der Waals surface area contributed by atoms with Gasteiger partial charge < -0.3 is 19.8 Å². The van der Waals surface area contributed by atoms with Crippen molar-refractivity contribution in [1.82, 2.24) is 14.3 Å². The van der Waals surface area contributed by atoms with Crippen molar-refractivity contribution in [1.29, 1.82) is 0 Å². The normalized spacial score (nSPS) is 17.5. The molecule has 4 aromatic rings. The van der Waals surface area contributed by atoms with E-state index >= 15 is 0 Å². The van der Waals surface area contributed by atoms with Gasteiger partial charge in [0.1, 0.15) is 5.75 Å². The fraction of sp³-hybridized carbons (Fsp3) is 0.417. The van der Waals surface area contributed by atoms with E-state index in [2.05, 4.69) is 33.5 Å². The van der Waals surface area contributed by atoms with Gasteiger partial charge in [-0.05, 0) is 84.7 Å². The first-order chi connectivity index (χ1) is 21.5. The third-order valence-electron chi connectivity index (χ3n) is 9.83. The van der Waals surface area contributed by atoms with E-state index in [1.54, 1.807) is 13.3 Å². The number of allylic oxidation sites excluding steroid dienone is 1. The standard InChI is InChI=1S/C36H40N4O4/c1-3-32(41)30-20-38-40(26-13-15-44-16-14-26)34(30)25-17-24-18-27(43-2)10-12-28(24)35-33(22-7-5-4-6-8-22)29-11-9-23(36(37)42)19-31(29)39(35)21-25/h9-12,17-20,22,26H,3-8,13-16,21H2,1-2H3,(H2,37,42). The number of rotatable bonds is 7. The number of benzene rings is 2. The maximum absolute atomic E-state index is 13.4. The van der Waals surface area contributed by atoms with Crippen LogP contribution in [0.1, 0.15) is 108 Å². The highest BCUT2D eigenvalue weighted by Crippen LogP contribution is 2.48. The Labute approximate surface area is 257 Å². The fourth-order valence-electron chi connectivity index (χ4n) is 7.62. The number of fused-ring (bicyclic) bond motifs is 5. The zero-order valence-corrected chi connectivity index (χ0v) is 25.6. The number of hydrogen-bond acceptors (Lipinski definition) is 5. The number of Topliss-reactive ketones (excluding diaryl/α,β-unsaturated/α-hetero) is 1. The van der Waals surface area contributed by atoms with Crippen LogP contribution in [0.4, 0.5) is 0 Å². The molecule has 4 heterocycles. The van der Waals surface area contributed by atoms with Crippen LogP contribution in [0, 0.1) is 0 Å². The third kappa shape index (κ3) is 4.85. The molecule has 1 saturated heterocycles. The molecular formula is C36H40N4O4. The van der Waals surface area contributed by atoms with E-state index in [0.29, 0.717) is 43.2 Å². The summed E-state index contributed by atoms with van der Waals surface area (Å²) in [6, 6.07) is 12.3. The van der Waals surface area contributed by atoms with Crippen molar-refractivity contribution in [3.8, 4) is 17.0 Å². The van der Waals surface area contributed by atoms with Gasteiger partial charge in [-0.15, -0.1) is 0 Å². The van der Waals surface area contributed by atoms with Gasteiger partial charge in [0.2, 0.25) is 5.91 Å². The van der Waals surface area contributed by atoms with Crippen molar-refractivity contribution in [2.24, 2.45) is 5.73 Å². The molecule has 1 amide bonds. The number of ketones is 1. The van der Waals surface area contributed by atoms with Crippen LogP contribution in [0.5, 0.6) is 5.75 Å². The number of hydrogen-bond donors (Lipinski definition) is 1. The Morgan fingerprint density at radius 2 is 1.82 bits per heavy atom. The van der Waals surface area contributed by atoms with Crippen LogP contribution in [0.2, 0.25) is 0 Å². The van der Waals surface area contributed by atoms with Gasteiger partial charge in [-0.1, -0.05) is 32.3 Å². The summed E-state index contributed by atoms with van der Waals surface area (Å²) in [5.41, 5.74) is 14.5. The molecule has 0 radical (unpaired) electrons. The number of carbonyl (C=O) groups excluding carboxylic acids is 2. The van der Waals surface area contributed by atoms with E-state index < -0.39 is 5.91 Å². The van der Waals surface area contributed by atoms with Gasteiger partial charge in [0.25, 0.3) is 0 Å². The summed E-state index contributed by atoms with van der Waals surface area (Å²) < 4.78 is 15.8. The average Bonchev–Trinajstić information content (AvgIpc) is 3.59. The smallest absolute Gasteiger partial charge is 0.248 e. The van der Waals surface area contributed by atoms with Crippen LogP contribution < -0.4 is 10.5 Å². The van der Waals surface area contributed by atoms with Gasteiger partial charge in [0.15, 0.2) is 5.78 Å². The fourth-order valence-corrected chi connectivity index (χ4v) is 7.62. The molecule has 2 fully saturated rings. The van der Waals surface area contributed by atoms with Crippen molar-refractivity contribution in [2.45, 2.75) is 76.8 Å². The summed E-state index contributed by atoms with van der Waals surface area (Å²) in [5.74, 6) is 0.834. The molecule has 3 aliphatic rings. The summed E-state index contributed by atoms with van der Waals surface area (Å²) in [7, 11) is 1.69. The number of primary amides is 1. The highest BCUT2D eigenvalue weighted by Gasteiger charge is 2.32. The predicted octanol–water partition coefficient (Wildman–Crippen LogP) is 7.16. The number of nitrogens with two attached hydrogens (primary N) is 1. The molecule has 8 heteroatoms. The van der Waals surface area contributed by atoms with Gasteiger partial charge in [0, 0.05) is 41.7 Å². The Morgan fingerprint density at radius 1 is 1.02 bits per heavy atom. The lowest BCUT2D eigenvalue weighted by Crippen LogP contribution is -2.23. The number of carbonyl (C=O) groups is 2. The molecule has 0 unspecified atom stereocenters. The second-order valence-corrected chi connectivity index (χ2v) is 12.4. The number of ether oxygens (including phenoxy) is 2. The number of nitrogens with zero attached hydrogens (tertiary/aromatic N) is 3. The lowest BCUT2D eigenvalue weighted by molar-refractivity contribution is 0.0659. The van der Waals surface area contributed by atoms with Gasteiger partial charge >= 0.3 is 0 Å². The van der Waals surface area contributed by atoms with Crippen molar-refractivity contribution in [3.05, 3.63) is 70.5 Å². The molecule has 0 bridgehead atoms. The van der Waals surface area contributed by atoms with E-state index in [4.69, 9.17) is 20.3 Å². The van der Waals surface area contributed by atoms with E-state index in [-0.39, 0.29) is 11.8 Å². The largest absolute Gasteiger partial charge is 0.497 e. The summed E-state index contributed by atoms with van der Waals surface area (Å²) in [4.78, 5) is 25.8. The SMILES string of the molecule is CCC(=O)c1cnn(C2CCOCC2)c1C1=Cc2cc(OC)ccc2-c2c(C3CCCCC3)c3ccc(C(N)=O)cc3n2C1. The van der Waals surface area contributed by atoms with Crippen LogP contribution in [-0.2, 0) is 11.3 Å². The van der Waals surface area contributed by atoms with Crippen LogP contribution in [-0.4, -0.2) is 46.4 Å². The second-order valence-electron chi connectivity index (χ2n) is 12.4. The monoisotopic (exact) mass is 592 g/mol. The molecule has 2 aliphatic heterocycles. The van der Waals surface area contributed by atoms with Gasteiger partial charge in [0.05, 0.1) is 42.8 Å². The Bertz CT molecular complexity index is 1780. The quantitative estimate of drug-likeness (QED) is 0.230. The molecule has 0 atom stereocenters. The molecule has 7 rings (SSSR count). The van der Waals surface area contributed by atoms with Crippen molar-refractivity contribution in [2.75, 3.05) is 20.3 Å².